The number of rotatable bonds is 1. The molecule has 1 amide bonds. The Bertz CT molecular complexity index is 254. The number of carbonyl (C=O) groups excluding carboxylic acids is 1. The molecule has 2 nitrogen and oxygen atoms in total. The van der Waals surface area contributed by atoms with Crippen LogP contribution in [0, 0.1) is 0 Å². The second kappa shape index (κ2) is 10.7. The highest BCUT2D eigenvalue weighted by Crippen LogP contribution is 2.14. The quantitative estimate of drug-likeness (QED) is 0.667. The van der Waals surface area contributed by atoms with Crippen molar-refractivity contribution in [1.29, 1.82) is 0 Å². The Hall–Kier alpha value is -1.38. The molecule has 1 aliphatic heterocycles. The van der Waals surface area contributed by atoms with Crippen LogP contribution >= 0.6 is 0 Å². The first-order valence-electron chi connectivity index (χ1n) is 4.94. The van der Waals surface area contributed by atoms with Gasteiger partial charge in [0.25, 0.3) is 5.91 Å². The number of hydrogen-bond acceptors (Lipinski definition) is 1. The van der Waals surface area contributed by atoms with E-state index in [2.05, 4.69) is 11.9 Å². The van der Waals surface area contributed by atoms with Crippen molar-refractivity contribution in [2.24, 2.45) is 0 Å². The molecule has 1 fully saturated rings. The van der Waals surface area contributed by atoms with Crippen molar-refractivity contribution in [3.8, 4) is 0 Å². The van der Waals surface area contributed by atoms with Crippen LogP contribution in [-0.4, -0.2) is 19.6 Å². The topological polar surface area (TPSA) is 29.1 Å². The van der Waals surface area contributed by atoms with Crippen molar-refractivity contribution in [3.05, 3.63) is 36.0 Å². The molecular formula is C12H20FNO. The van der Waals surface area contributed by atoms with Crippen LogP contribution in [0.1, 0.15) is 20.8 Å². The molecule has 15 heavy (non-hydrogen) atoms. The van der Waals surface area contributed by atoms with Crippen molar-refractivity contribution in [2.45, 2.75) is 20.8 Å². The second-order valence-corrected chi connectivity index (χ2v) is 2.31. The molecule has 1 rings (SSSR count). The molecule has 0 unspecified atom stereocenters. The first-order chi connectivity index (χ1) is 7.29. The number of allylic oxidation sites excluding steroid dienone is 3. The van der Waals surface area contributed by atoms with Crippen molar-refractivity contribution in [2.75, 3.05) is 13.7 Å². The van der Waals surface area contributed by atoms with Gasteiger partial charge in [0.05, 0.1) is 7.18 Å². The molecule has 0 aliphatic carbocycles. The molecule has 0 aromatic rings. The number of amides is 1. The summed E-state index contributed by atoms with van der Waals surface area (Å²) >= 11 is 0. The number of alkyl halides is 1. The van der Waals surface area contributed by atoms with Gasteiger partial charge in [0, 0.05) is 12.1 Å². The third-order valence-electron chi connectivity index (χ3n) is 1.66. The smallest absolute Gasteiger partial charge is 0.251 e. The van der Waals surface area contributed by atoms with Crippen molar-refractivity contribution in [1.82, 2.24) is 5.32 Å². The van der Waals surface area contributed by atoms with Gasteiger partial charge in [-0.15, -0.1) is 0 Å². The molecule has 1 aliphatic rings. The molecule has 0 spiro atoms. The Morgan fingerprint density at radius 1 is 1.40 bits per heavy atom. The Balaban J connectivity index is 0. The highest BCUT2D eigenvalue weighted by molar-refractivity contribution is 6.01. The standard InChI is InChI=1S/C9H11NO.C2H6.CH3F/c1-3-5-8-7(4-2)6-10-9(8)11;2*1-2/h3-5H,1,6H2,2H3,(H,10,11);1-2H3;1H3/b7-4-,8-5+;;. The first kappa shape index (κ1) is 16.1. The predicted molar refractivity (Wildman–Crippen MR) is 63.4 cm³/mol. The van der Waals surface area contributed by atoms with Crippen LogP contribution in [-0.2, 0) is 4.79 Å². The molecule has 0 saturated carbocycles. The van der Waals surface area contributed by atoms with Gasteiger partial charge in [0.1, 0.15) is 0 Å². The number of carbonyl (C=O) groups is 1. The van der Waals surface area contributed by atoms with Crippen molar-refractivity contribution < 1.29 is 9.18 Å². The molecule has 0 bridgehead atoms. The fourth-order valence-corrected chi connectivity index (χ4v) is 1.07. The molecule has 86 valence electrons. The third kappa shape index (κ3) is 5.15. The lowest BCUT2D eigenvalue weighted by Crippen LogP contribution is -2.13. The van der Waals surface area contributed by atoms with Crippen LogP contribution in [0.15, 0.2) is 36.0 Å². The molecule has 1 N–H and O–H groups in total. The van der Waals surface area contributed by atoms with Gasteiger partial charge in [-0.05, 0) is 18.6 Å². The summed E-state index contributed by atoms with van der Waals surface area (Å²) in [5.74, 6) is -0.00185. The maximum Gasteiger partial charge on any atom is 0.251 e. The molecule has 1 heterocycles. The average molecular weight is 213 g/mol. The van der Waals surface area contributed by atoms with Crippen molar-refractivity contribution >= 4 is 5.91 Å². The van der Waals surface area contributed by atoms with Gasteiger partial charge < -0.3 is 5.32 Å². The van der Waals surface area contributed by atoms with E-state index in [-0.39, 0.29) is 5.91 Å². The van der Waals surface area contributed by atoms with E-state index in [4.69, 9.17) is 0 Å². The molecule has 0 radical (unpaired) electrons. The summed E-state index contributed by atoms with van der Waals surface area (Å²) in [6.07, 6.45) is 5.30. The Morgan fingerprint density at radius 2 is 1.93 bits per heavy atom. The molecule has 0 aromatic carbocycles. The van der Waals surface area contributed by atoms with Crippen LogP contribution in [0.25, 0.3) is 0 Å². The van der Waals surface area contributed by atoms with Crippen LogP contribution in [0.2, 0.25) is 0 Å². The van der Waals surface area contributed by atoms with Gasteiger partial charge in [0.2, 0.25) is 0 Å². The van der Waals surface area contributed by atoms with Gasteiger partial charge in [-0.2, -0.15) is 0 Å². The minimum atomic E-state index is -0.00185. The van der Waals surface area contributed by atoms with E-state index in [1.54, 1.807) is 12.2 Å². The van der Waals surface area contributed by atoms with Crippen molar-refractivity contribution in [3.63, 3.8) is 0 Å². The highest BCUT2D eigenvalue weighted by Gasteiger charge is 2.19. The first-order valence-corrected chi connectivity index (χ1v) is 4.94. The number of halogens is 1. The van der Waals surface area contributed by atoms with E-state index in [0.717, 1.165) is 11.1 Å². The van der Waals surface area contributed by atoms with E-state index in [0.29, 0.717) is 13.7 Å². The lowest BCUT2D eigenvalue weighted by Gasteiger charge is -1.91. The van der Waals surface area contributed by atoms with E-state index < -0.39 is 0 Å². The summed E-state index contributed by atoms with van der Waals surface area (Å²) in [4.78, 5) is 11.1. The van der Waals surface area contributed by atoms with E-state index >= 15 is 0 Å². The Kier molecular flexibility index (Phi) is 11.5. The van der Waals surface area contributed by atoms with Gasteiger partial charge in [0.15, 0.2) is 0 Å². The van der Waals surface area contributed by atoms with E-state index in [9.17, 15) is 9.18 Å². The largest absolute Gasteiger partial charge is 0.348 e. The monoisotopic (exact) mass is 213 g/mol. The number of hydrogen-bond donors (Lipinski definition) is 1. The van der Waals surface area contributed by atoms with E-state index in [1.807, 2.05) is 26.8 Å². The van der Waals surface area contributed by atoms with Crippen LogP contribution in [0.3, 0.4) is 0 Å². The molecule has 3 heteroatoms. The van der Waals surface area contributed by atoms with Gasteiger partial charge in [-0.3, -0.25) is 9.18 Å². The molecule has 0 atom stereocenters. The SMILES string of the molecule is C=C/C=C1/C(=O)NC/C1=C/C.CC.CF. The average Bonchev–Trinajstić information content (AvgIpc) is 2.66. The molecule has 1 saturated heterocycles. The minimum absolute atomic E-state index is 0.00185. The van der Waals surface area contributed by atoms with Gasteiger partial charge in [-0.1, -0.05) is 32.6 Å². The highest BCUT2D eigenvalue weighted by atomic mass is 19.1. The fourth-order valence-electron chi connectivity index (χ4n) is 1.07. The summed E-state index contributed by atoms with van der Waals surface area (Å²) in [5, 5.41) is 2.73. The maximum atomic E-state index is 11.1. The summed E-state index contributed by atoms with van der Waals surface area (Å²) in [5.41, 5.74) is 1.79. The number of nitrogens with one attached hydrogen (secondary N) is 1. The summed E-state index contributed by atoms with van der Waals surface area (Å²) in [6, 6.07) is 0. The normalized spacial score (nSPS) is 18.6. The molecule has 0 aromatic heterocycles. The fraction of sp³-hybridized carbons (Fsp3) is 0.417. The second-order valence-electron chi connectivity index (χ2n) is 2.31. The minimum Gasteiger partial charge on any atom is -0.348 e. The lowest BCUT2D eigenvalue weighted by molar-refractivity contribution is -0.116. The summed E-state index contributed by atoms with van der Waals surface area (Å²) in [6.45, 7) is 10.1. The summed E-state index contributed by atoms with van der Waals surface area (Å²) in [7, 11) is 0.500. The zero-order valence-electron chi connectivity index (χ0n) is 9.93. The van der Waals surface area contributed by atoms with Gasteiger partial charge in [-0.25, -0.2) is 0 Å². The van der Waals surface area contributed by atoms with Gasteiger partial charge >= 0.3 is 0 Å². The maximum absolute atomic E-state index is 11.1. The zero-order valence-corrected chi connectivity index (χ0v) is 9.93. The zero-order chi connectivity index (χ0) is 12.3. The molecular weight excluding hydrogens is 193 g/mol. The van der Waals surface area contributed by atoms with Crippen LogP contribution in [0.5, 0.6) is 0 Å². The van der Waals surface area contributed by atoms with Crippen LogP contribution < -0.4 is 5.32 Å². The Labute approximate surface area is 91.6 Å². The third-order valence-corrected chi connectivity index (χ3v) is 1.66. The summed E-state index contributed by atoms with van der Waals surface area (Å²) < 4.78 is 9.50. The Morgan fingerprint density at radius 3 is 2.33 bits per heavy atom. The predicted octanol–water partition coefficient (Wildman–Crippen LogP) is 2.79. The van der Waals surface area contributed by atoms with Crippen LogP contribution in [0.4, 0.5) is 4.39 Å². The lowest BCUT2D eigenvalue weighted by atomic mass is 10.1. The van der Waals surface area contributed by atoms with E-state index in [1.165, 1.54) is 0 Å².